The summed E-state index contributed by atoms with van der Waals surface area (Å²) in [4.78, 5) is 11.3. The van der Waals surface area contributed by atoms with Gasteiger partial charge in [-0.25, -0.2) is 5.48 Å². The van der Waals surface area contributed by atoms with E-state index in [2.05, 4.69) is 10.1 Å². The van der Waals surface area contributed by atoms with Gasteiger partial charge in [0, 0.05) is 18.7 Å². The van der Waals surface area contributed by atoms with Crippen molar-refractivity contribution in [3.05, 3.63) is 77.6 Å². The molecule has 6 nitrogen and oxygen atoms in total. The van der Waals surface area contributed by atoms with E-state index in [0.29, 0.717) is 24.4 Å². The van der Waals surface area contributed by atoms with E-state index in [1.54, 1.807) is 12.1 Å². The second-order valence-corrected chi connectivity index (χ2v) is 6.10. The molecule has 3 aromatic rings. The highest BCUT2D eigenvalue weighted by Gasteiger charge is 2.31. The maximum Gasteiger partial charge on any atom is 0.573 e. The maximum atomic E-state index is 12.3. The van der Waals surface area contributed by atoms with Gasteiger partial charge in [0.25, 0.3) is 0 Å². The van der Waals surface area contributed by atoms with Gasteiger partial charge in [0.05, 0.1) is 0 Å². The molecular formula is C20H17F3N2O4. The zero-order valence-electron chi connectivity index (χ0n) is 15.0. The first-order valence-corrected chi connectivity index (χ1v) is 8.53. The topological polar surface area (TPSA) is 83.7 Å². The average Bonchev–Trinajstić information content (AvgIpc) is 3.17. The molecule has 3 N–H and O–H groups in total. The fourth-order valence-corrected chi connectivity index (χ4v) is 2.66. The van der Waals surface area contributed by atoms with Crippen LogP contribution in [-0.2, 0) is 13.1 Å². The first-order valence-electron chi connectivity index (χ1n) is 8.53. The summed E-state index contributed by atoms with van der Waals surface area (Å²) in [6, 6.07) is 16.2. The van der Waals surface area contributed by atoms with Crippen LogP contribution in [0.1, 0.15) is 21.7 Å². The van der Waals surface area contributed by atoms with E-state index in [1.165, 1.54) is 29.7 Å². The monoisotopic (exact) mass is 406 g/mol. The highest BCUT2D eigenvalue weighted by Crippen LogP contribution is 2.24. The van der Waals surface area contributed by atoms with E-state index < -0.39 is 12.3 Å². The molecule has 0 aliphatic rings. The van der Waals surface area contributed by atoms with Gasteiger partial charge < -0.3 is 14.5 Å². The molecule has 1 heterocycles. The zero-order chi connectivity index (χ0) is 20.9. The predicted molar refractivity (Wildman–Crippen MR) is 97.1 cm³/mol. The number of carbonyl (C=O) groups excluding carboxylic acids is 1. The minimum absolute atomic E-state index is 0.00928. The summed E-state index contributed by atoms with van der Waals surface area (Å²) in [7, 11) is 0. The van der Waals surface area contributed by atoms with E-state index in [-0.39, 0.29) is 11.5 Å². The number of carbonyl (C=O) groups is 1. The van der Waals surface area contributed by atoms with Gasteiger partial charge >= 0.3 is 12.3 Å². The van der Waals surface area contributed by atoms with Gasteiger partial charge in [0.2, 0.25) is 0 Å². The van der Waals surface area contributed by atoms with Crippen molar-refractivity contribution >= 4 is 5.91 Å². The number of ether oxygens (including phenoxy) is 1. The van der Waals surface area contributed by atoms with Crippen molar-refractivity contribution in [3.8, 4) is 17.1 Å². The molecule has 0 saturated carbocycles. The smallest absolute Gasteiger partial charge is 0.451 e. The lowest BCUT2D eigenvalue weighted by atomic mass is 10.1. The molecule has 0 spiro atoms. The Labute approximate surface area is 163 Å². The number of amides is 1. The number of rotatable bonds is 7. The number of alkyl halides is 3. The molecule has 0 radical (unpaired) electrons. The fraction of sp³-hybridized carbons (Fsp3) is 0.150. The van der Waals surface area contributed by atoms with Gasteiger partial charge in [-0.3, -0.25) is 10.0 Å². The SMILES string of the molecule is O=C(NO)c1ccc(-c2ccc(CNCc3cccc(OC(F)(F)F)c3)cc2)o1. The molecule has 1 amide bonds. The Morgan fingerprint density at radius 2 is 1.72 bits per heavy atom. The first kappa shape index (κ1) is 20.4. The van der Waals surface area contributed by atoms with Crippen LogP contribution in [0.3, 0.4) is 0 Å². The Bertz CT molecular complexity index is 968. The molecule has 3 rings (SSSR count). The fourth-order valence-electron chi connectivity index (χ4n) is 2.66. The second-order valence-electron chi connectivity index (χ2n) is 6.10. The van der Waals surface area contributed by atoms with Crippen LogP contribution >= 0.6 is 0 Å². The van der Waals surface area contributed by atoms with Crippen LogP contribution in [0.2, 0.25) is 0 Å². The van der Waals surface area contributed by atoms with Crippen molar-refractivity contribution in [2.45, 2.75) is 19.5 Å². The quantitative estimate of drug-likeness (QED) is 0.404. The molecule has 1 aromatic heterocycles. The Balaban J connectivity index is 1.55. The number of benzene rings is 2. The second kappa shape index (κ2) is 8.80. The molecule has 0 aliphatic heterocycles. The summed E-state index contributed by atoms with van der Waals surface area (Å²) in [5, 5.41) is 11.8. The summed E-state index contributed by atoms with van der Waals surface area (Å²) in [6.07, 6.45) is -4.72. The molecular weight excluding hydrogens is 389 g/mol. The van der Waals surface area contributed by atoms with Crippen molar-refractivity contribution in [2.24, 2.45) is 0 Å². The van der Waals surface area contributed by atoms with Gasteiger partial charge in [-0.15, -0.1) is 13.2 Å². The van der Waals surface area contributed by atoms with Crippen LogP contribution in [0, 0.1) is 0 Å². The summed E-state index contributed by atoms with van der Waals surface area (Å²) in [6.45, 7) is 0.871. The molecule has 0 atom stereocenters. The molecule has 2 aromatic carbocycles. The third-order valence-corrected chi connectivity index (χ3v) is 3.96. The van der Waals surface area contributed by atoms with E-state index >= 15 is 0 Å². The van der Waals surface area contributed by atoms with Gasteiger partial charge in [-0.1, -0.05) is 36.4 Å². The van der Waals surface area contributed by atoms with Crippen molar-refractivity contribution in [2.75, 3.05) is 0 Å². The molecule has 9 heteroatoms. The summed E-state index contributed by atoms with van der Waals surface area (Å²) >= 11 is 0. The first-order chi connectivity index (χ1) is 13.8. The summed E-state index contributed by atoms with van der Waals surface area (Å²) in [5.41, 5.74) is 3.87. The highest BCUT2D eigenvalue weighted by atomic mass is 19.4. The zero-order valence-corrected chi connectivity index (χ0v) is 15.0. The number of nitrogens with one attached hydrogen (secondary N) is 2. The minimum Gasteiger partial charge on any atom is -0.451 e. The number of hydroxylamine groups is 1. The van der Waals surface area contributed by atoms with E-state index in [9.17, 15) is 18.0 Å². The van der Waals surface area contributed by atoms with Crippen LogP contribution in [0.5, 0.6) is 5.75 Å². The number of halogens is 3. The van der Waals surface area contributed by atoms with E-state index in [1.807, 2.05) is 24.3 Å². The van der Waals surface area contributed by atoms with Gasteiger partial charge in [-0.05, 0) is 35.4 Å². The van der Waals surface area contributed by atoms with Crippen molar-refractivity contribution in [1.29, 1.82) is 0 Å². The van der Waals surface area contributed by atoms with Crippen molar-refractivity contribution < 1.29 is 32.3 Å². The van der Waals surface area contributed by atoms with Crippen LogP contribution in [-0.4, -0.2) is 17.5 Å². The van der Waals surface area contributed by atoms with Gasteiger partial charge in [0.15, 0.2) is 5.76 Å². The van der Waals surface area contributed by atoms with Gasteiger partial charge in [-0.2, -0.15) is 0 Å². The van der Waals surface area contributed by atoms with Crippen molar-refractivity contribution in [3.63, 3.8) is 0 Å². The molecule has 0 aliphatic carbocycles. The lowest BCUT2D eigenvalue weighted by molar-refractivity contribution is -0.274. The summed E-state index contributed by atoms with van der Waals surface area (Å²) in [5.74, 6) is -0.523. The highest BCUT2D eigenvalue weighted by molar-refractivity contribution is 5.91. The minimum atomic E-state index is -4.72. The number of furan rings is 1. The number of hydrogen-bond acceptors (Lipinski definition) is 5. The lowest BCUT2D eigenvalue weighted by Crippen LogP contribution is -2.17. The van der Waals surface area contributed by atoms with Crippen LogP contribution < -0.4 is 15.5 Å². The largest absolute Gasteiger partial charge is 0.573 e. The van der Waals surface area contributed by atoms with Crippen molar-refractivity contribution in [1.82, 2.24) is 10.8 Å². The van der Waals surface area contributed by atoms with E-state index in [4.69, 9.17) is 9.62 Å². The molecule has 0 bridgehead atoms. The maximum absolute atomic E-state index is 12.3. The number of hydrogen-bond donors (Lipinski definition) is 3. The lowest BCUT2D eigenvalue weighted by Gasteiger charge is -2.10. The third-order valence-electron chi connectivity index (χ3n) is 3.96. The normalized spacial score (nSPS) is 11.3. The Kier molecular flexibility index (Phi) is 6.20. The van der Waals surface area contributed by atoms with E-state index in [0.717, 1.165) is 11.1 Å². The average molecular weight is 406 g/mol. The Morgan fingerprint density at radius 3 is 2.41 bits per heavy atom. The molecule has 29 heavy (non-hydrogen) atoms. The Morgan fingerprint density at radius 1 is 1.00 bits per heavy atom. The predicted octanol–water partition coefficient (Wildman–Crippen LogP) is 4.25. The van der Waals surface area contributed by atoms with Crippen LogP contribution in [0.15, 0.2) is 65.1 Å². The molecule has 0 unspecified atom stereocenters. The molecule has 0 saturated heterocycles. The summed E-state index contributed by atoms with van der Waals surface area (Å²) < 4.78 is 46.1. The molecule has 0 fully saturated rings. The standard InChI is InChI=1S/C20H17F3N2O4/c21-20(22,23)29-16-3-1-2-14(10-16)12-24-11-13-4-6-15(7-5-13)17-8-9-18(28-17)19(26)25-27/h1-10,24,27H,11-12H2,(H,25,26). The van der Waals surface area contributed by atoms with Crippen LogP contribution in [0.25, 0.3) is 11.3 Å². The third kappa shape index (κ3) is 5.84. The molecule has 152 valence electrons. The van der Waals surface area contributed by atoms with Gasteiger partial charge in [0.1, 0.15) is 11.5 Å². The Hall–Kier alpha value is -3.30. The van der Waals surface area contributed by atoms with Crippen LogP contribution in [0.4, 0.5) is 13.2 Å².